The first kappa shape index (κ1) is 14.9. The second kappa shape index (κ2) is 5.09. The number of hydrogen-bond donors (Lipinski definition) is 0. The van der Waals surface area contributed by atoms with E-state index in [2.05, 4.69) is 0 Å². The van der Waals surface area contributed by atoms with Crippen LogP contribution in [0.15, 0.2) is 30.6 Å². The molecule has 21 heavy (non-hydrogen) atoms. The Morgan fingerprint density at radius 3 is 2.43 bits per heavy atom. The normalized spacial score (nSPS) is 11.2. The molecule has 0 N–H and O–H groups in total. The summed E-state index contributed by atoms with van der Waals surface area (Å²) in [6.07, 6.45) is -1.77. The zero-order chi connectivity index (χ0) is 15.8. The molecule has 0 aliphatic rings. The molecular weight excluding hydrogens is 281 g/mol. The Morgan fingerprint density at radius 1 is 1.24 bits per heavy atom. The van der Waals surface area contributed by atoms with Crippen LogP contribution in [0.1, 0.15) is 28.4 Å². The maximum Gasteiger partial charge on any atom is 0.416 e. The molecule has 0 radical (unpaired) electrons. The minimum Gasteiger partial charge on any atom is -0.293 e. The van der Waals surface area contributed by atoms with Crippen LogP contribution in [0.3, 0.4) is 0 Å². The zero-order valence-electron chi connectivity index (χ0n) is 11.3. The maximum absolute atomic E-state index is 12.9. The van der Waals surface area contributed by atoms with Gasteiger partial charge in [-0.1, -0.05) is 12.1 Å². The largest absolute Gasteiger partial charge is 0.416 e. The van der Waals surface area contributed by atoms with Crippen molar-refractivity contribution in [2.45, 2.75) is 20.0 Å². The first-order valence-corrected chi connectivity index (χ1v) is 6.06. The highest BCUT2D eigenvalue weighted by atomic mass is 19.4. The van der Waals surface area contributed by atoms with E-state index in [-0.39, 0.29) is 17.0 Å². The number of carbonyl (C=O) groups excluding carboxylic acids is 1. The van der Waals surface area contributed by atoms with Gasteiger partial charge in [0, 0.05) is 24.9 Å². The van der Waals surface area contributed by atoms with Crippen molar-refractivity contribution in [1.29, 1.82) is 5.26 Å². The zero-order valence-corrected chi connectivity index (χ0v) is 11.3. The second-order valence-electron chi connectivity index (χ2n) is 4.60. The summed E-state index contributed by atoms with van der Waals surface area (Å²) in [5, 5.41) is 9.10. The average molecular weight is 292 g/mol. The summed E-state index contributed by atoms with van der Waals surface area (Å²) in [5.41, 5.74) is 0.0487. The summed E-state index contributed by atoms with van der Waals surface area (Å²) in [4.78, 5) is 11.3. The van der Waals surface area contributed by atoms with Crippen molar-refractivity contribution in [1.82, 2.24) is 4.57 Å². The van der Waals surface area contributed by atoms with Crippen LogP contribution in [0.4, 0.5) is 13.2 Å². The van der Waals surface area contributed by atoms with Crippen LogP contribution in [0, 0.1) is 18.3 Å². The molecule has 0 saturated heterocycles. The standard InChI is InChI=1S/C15H11F3N2O/c1-9-12(4-3-5-14(9)15(16,17)18)13-8-20(10(2)21)7-11(13)6-19/h3-5,7-8H,1-2H3. The molecule has 2 rings (SSSR count). The molecule has 0 unspecified atom stereocenters. The third kappa shape index (κ3) is 2.68. The van der Waals surface area contributed by atoms with Crippen molar-refractivity contribution in [2.24, 2.45) is 0 Å². The SMILES string of the molecule is CC(=O)n1cc(C#N)c(-c2cccc(C(F)(F)F)c2C)c1. The number of nitriles is 1. The summed E-state index contributed by atoms with van der Waals surface area (Å²) >= 11 is 0. The maximum atomic E-state index is 12.9. The highest BCUT2D eigenvalue weighted by Gasteiger charge is 2.33. The van der Waals surface area contributed by atoms with Crippen molar-refractivity contribution in [2.75, 3.05) is 0 Å². The predicted octanol–water partition coefficient (Wildman–Crippen LogP) is 4.01. The first-order valence-electron chi connectivity index (χ1n) is 6.06. The third-order valence-electron chi connectivity index (χ3n) is 3.24. The topological polar surface area (TPSA) is 45.8 Å². The quantitative estimate of drug-likeness (QED) is 0.797. The van der Waals surface area contributed by atoms with E-state index in [0.29, 0.717) is 11.1 Å². The van der Waals surface area contributed by atoms with Gasteiger partial charge in [-0.05, 0) is 24.1 Å². The van der Waals surface area contributed by atoms with Crippen LogP contribution in [-0.2, 0) is 6.18 Å². The fraction of sp³-hybridized carbons (Fsp3) is 0.200. The van der Waals surface area contributed by atoms with Crippen molar-refractivity contribution in [3.63, 3.8) is 0 Å². The molecule has 2 aromatic rings. The number of hydrogen-bond acceptors (Lipinski definition) is 2. The summed E-state index contributed by atoms with van der Waals surface area (Å²) in [5.74, 6) is -0.317. The Bertz CT molecular complexity index is 751. The third-order valence-corrected chi connectivity index (χ3v) is 3.24. The lowest BCUT2D eigenvalue weighted by atomic mass is 9.96. The van der Waals surface area contributed by atoms with E-state index >= 15 is 0 Å². The van der Waals surface area contributed by atoms with Gasteiger partial charge in [-0.3, -0.25) is 9.36 Å². The van der Waals surface area contributed by atoms with Crippen molar-refractivity contribution in [3.05, 3.63) is 47.3 Å². The molecule has 0 aliphatic heterocycles. The summed E-state index contributed by atoms with van der Waals surface area (Å²) in [7, 11) is 0. The van der Waals surface area contributed by atoms with E-state index in [4.69, 9.17) is 5.26 Å². The van der Waals surface area contributed by atoms with Crippen LogP contribution >= 0.6 is 0 Å². The van der Waals surface area contributed by atoms with E-state index < -0.39 is 11.7 Å². The highest BCUT2D eigenvalue weighted by Crippen LogP contribution is 2.37. The number of halogens is 3. The van der Waals surface area contributed by atoms with Gasteiger partial charge in [0.15, 0.2) is 0 Å². The average Bonchev–Trinajstić information content (AvgIpc) is 2.81. The Labute approximate surface area is 119 Å². The van der Waals surface area contributed by atoms with Gasteiger partial charge >= 0.3 is 6.18 Å². The predicted molar refractivity (Wildman–Crippen MR) is 70.6 cm³/mol. The summed E-state index contributed by atoms with van der Waals surface area (Å²) in [6.45, 7) is 2.66. The van der Waals surface area contributed by atoms with Gasteiger partial charge in [0.2, 0.25) is 5.91 Å². The molecule has 0 fully saturated rings. The van der Waals surface area contributed by atoms with E-state index in [0.717, 1.165) is 6.07 Å². The van der Waals surface area contributed by atoms with Gasteiger partial charge in [-0.15, -0.1) is 0 Å². The van der Waals surface area contributed by atoms with Crippen LogP contribution in [0.25, 0.3) is 11.1 Å². The number of alkyl halides is 3. The first-order chi connectivity index (χ1) is 9.75. The van der Waals surface area contributed by atoms with Gasteiger partial charge in [0.05, 0.1) is 11.1 Å². The van der Waals surface area contributed by atoms with Crippen molar-refractivity contribution < 1.29 is 18.0 Å². The minimum absolute atomic E-state index is 0.0304. The van der Waals surface area contributed by atoms with Crippen molar-refractivity contribution in [3.8, 4) is 17.2 Å². The fourth-order valence-electron chi connectivity index (χ4n) is 2.17. The van der Waals surface area contributed by atoms with Crippen molar-refractivity contribution >= 4 is 5.91 Å². The van der Waals surface area contributed by atoms with Gasteiger partial charge in [0.25, 0.3) is 0 Å². The molecule has 1 heterocycles. The lowest BCUT2D eigenvalue weighted by molar-refractivity contribution is -0.138. The second-order valence-corrected chi connectivity index (χ2v) is 4.60. The Morgan fingerprint density at radius 2 is 1.90 bits per heavy atom. The molecular formula is C15H11F3N2O. The van der Waals surface area contributed by atoms with Crippen LogP contribution in [0.2, 0.25) is 0 Å². The molecule has 6 heteroatoms. The molecule has 0 bridgehead atoms. The van der Waals surface area contributed by atoms with Gasteiger partial charge in [0.1, 0.15) is 6.07 Å². The van der Waals surface area contributed by atoms with Gasteiger partial charge < -0.3 is 0 Å². The molecule has 0 amide bonds. The Balaban J connectivity index is 2.69. The van der Waals surface area contributed by atoms with Crippen LogP contribution < -0.4 is 0 Å². The van der Waals surface area contributed by atoms with Gasteiger partial charge in [-0.25, -0.2) is 0 Å². The van der Waals surface area contributed by atoms with Gasteiger partial charge in [-0.2, -0.15) is 18.4 Å². The van der Waals surface area contributed by atoms with E-state index in [9.17, 15) is 18.0 Å². The number of benzene rings is 1. The summed E-state index contributed by atoms with van der Waals surface area (Å²) < 4.78 is 40.0. The number of carbonyl (C=O) groups is 1. The highest BCUT2D eigenvalue weighted by molar-refractivity contribution is 5.82. The molecule has 0 atom stereocenters. The molecule has 0 aliphatic carbocycles. The molecule has 108 valence electrons. The Hall–Kier alpha value is -2.55. The molecule has 0 spiro atoms. The molecule has 0 saturated carbocycles. The fourth-order valence-corrected chi connectivity index (χ4v) is 2.17. The number of aromatic nitrogens is 1. The number of rotatable bonds is 1. The monoisotopic (exact) mass is 292 g/mol. The molecule has 1 aromatic carbocycles. The Kier molecular flexibility index (Phi) is 3.60. The summed E-state index contributed by atoms with van der Waals surface area (Å²) in [6, 6.07) is 5.69. The minimum atomic E-state index is -4.46. The smallest absolute Gasteiger partial charge is 0.293 e. The van der Waals surface area contributed by atoms with Crippen LogP contribution in [-0.4, -0.2) is 10.5 Å². The van der Waals surface area contributed by atoms with E-state index in [1.807, 2.05) is 6.07 Å². The number of nitrogens with zero attached hydrogens (tertiary/aromatic N) is 2. The molecule has 3 nitrogen and oxygen atoms in total. The molecule has 1 aromatic heterocycles. The van der Waals surface area contributed by atoms with E-state index in [1.54, 1.807) is 0 Å². The van der Waals surface area contributed by atoms with Crippen LogP contribution in [0.5, 0.6) is 0 Å². The lowest BCUT2D eigenvalue weighted by Crippen LogP contribution is -2.08. The lowest BCUT2D eigenvalue weighted by Gasteiger charge is -2.13. The van der Waals surface area contributed by atoms with E-state index in [1.165, 1.54) is 42.9 Å².